The number of benzene rings is 3. The Morgan fingerprint density at radius 3 is 2.58 bits per heavy atom. The molecule has 3 nitrogen and oxygen atoms in total. The van der Waals surface area contributed by atoms with E-state index in [9.17, 15) is 0 Å². The van der Waals surface area contributed by atoms with E-state index >= 15 is 0 Å². The average Bonchev–Trinajstić information content (AvgIpc) is 3.07. The molecule has 0 unspecified atom stereocenters. The Morgan fingerprint density at radius 2 is 1.75 bits per heavy atom. The van der Waals surface area contributed by atoms with Gasteiger partial charge >= 0.3 is 0 Å². The maximum Gasteiger partial charge on any atom is 0.176 e. The minimum Gasteiger partial charge on any atom is -0.493 e. The summed E-state index contributed by atoms with van der Waals surface area (Å²) >= 11 is 0. The molecule has 0 atom stereocenters. The second-order valence-electron chi connectivity index (χ2n) is 5.34. The van der Waals surface area contributed by atoms with Crippen molar-refractivity contribution in [1.29, 1.82) is 0 Å². The minimum atomic E-state index is 0.718. The van der Waals surface area contributed by atoms with Gasteiger partial charge in [-0.3, -0.25) is 0 Å². The van der Waals surface area contributed by atoms with Crippen LogP contribution in [0.1, 0.15) is 0 Å². The van der Waals surface area contributed by atoms with Crippen molar-refractivity contribution in [1.82, 2.24) is 0 Å². The highest BCUT2D eigenvalue weighted by atomic mass is 16.5. The van der Waals surface area contributed by atoms with E-state index in [1.165, 1.54) is 0 Å². The molecule has 0 saturated heterocycles. The van der Waals surface area contributed by atoms with E-state index < -0.39 is 0 Å². The zero-order chi connectivity index (χ0) is 16.4. The molecule has 0 spiro atoms. The van der Waals surface area contributed by atoms with Crippen LogP contribution >= 0.6 is 0 Å². The number of fused-ring (bicyclic) bond motifs is 1. The molecule has 1 radical (unpaired) electrons. The number of methoxy groups -OCH3 is 1. The van der Waals surface area contributed by atoms with Gasteiger partial charge < -0.3 is 13.9 Å². The van der Waals surface area contributed by atoms with Gasteiger partial charge in [0, 0.05) is 10.9 Å². The molecular formula is C21H15O3. The molecule has 117 valence electrons. The van der Waals surface area contributed by atoms with E-state index in [1.807, 2.05) is 72.8 Å². The van der Waals surface area contributed by atoms with Crippen molar-refractivity contribution in [3.8, 4) is 28.6 Å². The lowest BCUT2D eigenvalue weighted by atomic mass is 10.1. The van der Waals surface area contributed by atoms with Crippen molar-refractivity contribution in [2.45, 2.75) is 0 Å². The molecule has 0 fully saturated rings. The van der Waals surface area contributed by atoms with Crippen LogP contribution in [0.3, 0.4) is 0 Å². The highest BCUT2D eigenvalue weighted by Crippen LogP contribution is 2.34. The van der Waals surface area contributed by atoms with E-state index in [4.69, 9.17) is 13.9 Å². The van der Waals surface area contributed by atoms with Crippen molar-refractivity contribution >= 4 is 11.0 Å². The molecule has 0 N–H and O–H groups in total. The van der Waals surface area contributed by atoms with Crippen molar-refractivity contribution in [2.24, 2.45) is 0 Å². The molecule has 0 amide bonds. The Morgan fingerprint density at radius 1 is 0.875 bits per heavy atom. The first kappa shape index (κ1) is 14.4. The number of rotatable bonds is 4. The minimum absolute atomic E-state index is 0.718. The van der Waals surface area contributed by atoms with Crippen LogP contribution in [0.25, 0.3) is 22.3 Å². The maximum absolute atomic E-state index is 5.97. The van der Waals surface area contributed by atoms with Crippen LogP contribution < -0.4 is 9.47 Å². The summed E-state index contributed by atoms with van der Waals surface area (Å²) in [4.78, 5) is 0. The standard InChI is InChI=1S/C21H15O3/c1-22-19-12-6-8-16-14-20(24-21(16)19)15-7-5-11-18(13-15)23-17-9-3-2-4-10-17/h2-6,8-14H,1H3. The van der Waals surface area contributed by atoms with Crippen LogP contribution in [0.2, 0.25) is 0 Å². The topological polar surface area (TPSA) is 31.6 Å². The number of furan rings is 1. The molecule has 24 heavy (non-hydrogen) atoms. The summed E-state index contributed by atoms with van der Waals surface area (Å²) in [5, 5.41) is 0.993. The van der Waals surface area contributed by atoms with Gasteiger partial charge in [-0.25, -0.2) is 0 Å². The van der Waals surface area contributed by atoms with Crippen LogP contribution in [0, 0.1) is 6.07 Å². The predicted octanol–water partition coefficient (Wildman–Crippen LogP) is 5.70. The smallest absolute Gasteiger partial charge is 0.176 e. The van der Waals surface area contributed by atoms with Gasteiger partial charge in [0.05, 0.1) is 7.11 Å². The molecule has 0 aliphatic carbocycles. The summed E-state index contributed by atoms with van der Waals surface area (Å²) in [6, 6.07) is 26.3. The van der Waals surface area contributed by atoms with Crippen molar-refractivity contribution in [3.05, 3.63) is 78.9 Å². The second-order valence-corrected chi connectivity index (χ2v) is 5.34. The van der Waals surface area contributed by atoms with E-state index in [2.05, 4.69) is 6.07 Å². The summed E-state index contributed by atoms with van der Waals surface area (Å²) < 4.78 is 17.2. The molecule has 3 aromatic carbocycles. The van der Waals surface area contributed by atoms with Gasteiger partial charge in [-0.1, -0.05) is 30.3 Å². The Balaban J connectivity index is 1.71. The third kappa shape index (κ3) is 2.72. The molecule has 0 bridgehead atoms. The first-order valence-electron chi connectivity index (χ1n) is 7.65. The third-order valence-electron chi connectivity index (χ3n) is 3.75. The summed E-state index contributed by atoms with van der Waals surface area (Å²) in [5.74, 6) is 2.98. The third-order valence-corrected chi connectivity index (χ3v) is 3.75. The molecular weight excluding hydrogens is 300 g/mol. The van der Waals surface area contributed by atoms with Gasteiger partial charge in [0.25, 0.3) is 0 Å². The SMILES string of the molecule is COc1cccc2cc(-c3[c]ccc(Oc4ccccc4)c3)oc12. The van der Waals surface area contributed by atoms with E-state index in [-0.39, 0.29) is 0 Å². The molecule has 1 heterocycles. The van der Waals surface area contributed by atoms with Crippen LogP contribution in [-0.2, 0) is 0 Å². The molecule has 0 aliphatic rings. The Kier molecular flexibility index (Phi) is 3.67. The van der Waals surface area contributed by atoms with E-state index in [1.54, 1.807) is 7.11 Å². The lowest BCUT2D eigenvalue weighted by Crippen LogP contribution is -1.84. The van der Waals surface area contributed by atoms with Gasteiger partial charge in [-0.15, -0.1) is 0 Å². The predicted molar refractivity (Wildman–Crippen MR) is 93.6 cm³/mol. The van der Waals surface area contributed by atoms with E-state index in [0.29, 0.717) is 0 Å². The lowest BCUT2D eigenvalue weighted by Gasteiger charge is -2.06. The van der Waals surface area contributed by atoms with Gasteiger partial charge in [0.1, 0.15) is 17.3 Å². The van der Waals surface area contributed by atoms with Gasteiger partial charge in [-0.05, 0) is 48.5 Å². The van der Waals surface area contributed by atoms with Crippen molar-refractivity contribution in [3.63, 3.8) is 0 Å². The zero-order valence-corrected chi connectivity index (χ0v) is 13.2. The molecule has 3 heteroatoms. The van der Waals surface area contributed by atoms with Crippen LogP contribution in [0.5, 0.6) is 17.2 Å². The molecule has 1 aromatic heterocycles. The highest BCUT2D eigenvalue weighted by Gasteiger charge is 2.11. The van der Waals surface area contributed by atoms with Gasteiger partial charge in [-0.2, -0.15) is 0 Å². The van der Waals surface area contributed by atoms with Crippen LogP contribution in [-0.4, -0.2) is 7.11 Å². The normalized spacial score (nSPS) is 10.7. The lowest BCUT2D eigenvalue weighted by molar-refractivity contribution is 0.411. The quantitative estimate of drug-likeness (QED) is 0.484. The Hall–Kier alpha value is -3.20. The fourth-order valence-electron chi connectivity index (χ4n) is 2.61. The van der Waals surface area contributed by atoms with Gasteiger partial charge in [0.15, 0.2) is 11.3 Å². The van der Waals surface area contributed by atoms with Crippen molar-refractivity contribution < 1.29 is 13.9 Å². The summed E-state index contributed by atoms with van der Waals surface area (Å²) in [5.41, 5.74) is 1.57. The fourth-order valence-corrected chi connectivity index (χ4v) is 2.61. The molecule has 0 saturated carbocycles. The average molecular weight is 315 g/mol. The number of ether oxygens (including phenoxy) is 2. The number of hydrogen-bond donors (Lipinski definition) is 0. The first-order valence-corrected chi connectivity index (χ1v) is 7.65. The monoisotopic (exact) mass is 315 g/mol. The number of hydrogen-bond acceptors (Lipinski definition) is 3. The zero-order valence-electron chi connectivity index (χ0n) is 13.2. The van der Waals surface area contributed by atoms with E-state index in [0.717, 1.165) is 39.5 Å². The fraction of sp³-hybridized carbons (Fsp3) is 0.0476. The highest BCUT2D eigenvalue weighted by molar-refractivity contribution is 5.87. The Bertz CT molecular complexity index is 971. The Labute approximate surface area is 140 Å². The molecule has 4 rings (SSSR count). The van der Waals surface area contributed by atoms with Crippen molar-refractivity contribution in [2.75, 3.05) is 7.11 Å². The molecule has 4 aromatic rings. The summed E-state index contributed by atoms with van der Waals surface area (Å²) in [6.07, 6.45) is 0. The molecule has 0 aliphatic heterocycles. The largest absolute Gasteiger partial charge is 0.493 e. The van der Waals surface area contributed by atoms with Gasteiger partial charge in [0.2, 0.25) is 0 Å². The number of para-hydroxylation sites is 2. The summed E-state index contributed by atoms with van der Waals surface area (Å²) in [7, 11) is 1.64. The summed E-state index contributed by atoms with van der Waals surface area (Å²) in [6.45, 7) is 0. The second kappa shape index (κ2) is 6.13. The first-order chi connectivity index (χ1) is 11.8. The van der Waals surface area contributed by atoms with Crippen LogP contribution in [0.4, 0.5) is 0 Å². The maximum atomic E-state index is 5.97. The van der Waals surface area contributed by atoms with Crippen LogP contribution in [0.15, 0.2) is 77.2 Å².